The van der Waals surface area contributed by atoms with E-state index in [1.165, 1.54) is 31.7 Å². The van der Waals surface area contributed by atoms with E-state index in [2.05, 4.69) is 34.8 Å². The van der Waals surface area contributed by atoms with Gasteiger partial charge in [0, 0.05) is 18.6 Å². The molecule has 1 aliphatic carbocycles. The number of hydrogen-bond acceptors (Lipinski definition) is 2. The minimum Gasteiger partial charge on any atom is -0.329 e. The van der Waals surface area contributed by atoms with Gasteiger partial charge >= 0.3 is 0 Å². The van der Waals surface area contributed by atoms with Crippen LogP contribution in [0.4, 0.5) is 4.39 Å². The van der Waals surface area contributed by atoms with E-state index in [9.17, 15) is 4.39 Å². The molecule has 1 atom stereocenters. The Labute approximate surface area is 129 Å². The molecule has 1 saturated carbocycles. The van der Waals surface area contributed by atoms with Gasteiger partial charge in [-0.1, -0.05) is 13.0 Å². The van der Waals surface area contributed by atoms with Crippen molar-refractivity contribution in [1.82, 2.24) is 4.90 Å². The Kier molecular flexibility index (Phi) is 5.58. The summed E-state index contributed by atoms with van der Waals surface area (Å²) in [6.07, 6.45) is 5.05. The highest BCUT2D eigenvalue weighted by atomic mass is 79.9. The predicted molar refractivity (Wildman–Crippen MR) is 85.1 cm³/mol. The molecule has 1 aliphatic rings. The lowest BCUT2D eigenvalue weighted by atomic mass is 9.86. The molecule has 0 aromatic heterocycles. The molecule has 2 nitrogen and oxygen atoms in total. The van der Waals surface area contributed by atoms with Crippen LogP contribution in [0.2, 0.25) is 0 Å². The molecular weight excluding hydrogens is 319 g/mol. The molecule has 4 heteroatoms. The van der Waals surface area contributed by atoms with Gasteiger partial charge in [0.25, 0.3) is 0 Å². The highest BCUT2D eigenvalue weighted by molar-refractivity contribution is 9.10. The van der Waals surface area contributed by atoms with E-state index < -0.39 is 0 Å². The molecule has 0 amide bonds. The van der Waals surface area contributed by atoms with Crippen molar-refractivity contribution < 1.29 is 4.39 Å². The third kappa shape index (κ3) is 3.60. The fourth-order valence-corrected chi connectivity index (χ4v) is 3.56. The minimum absolute atomic E-state index is 0.158. The van der Waals surface area contributed by atoms with Crippen molar-refractivity contribution >= 4 is 15.9 Å². The lowest BCUT2D eigenvalue weighted by molar-refractivity contribution is 0.126. The SMILES string of the molecule is CC1CCC(N(C)C(CN)c2ccc(F)c(Br)c2)CC1. The smallest absolute Gasteiger partial charge is 0.137 e. The van der Waals surface area contributed by atoms with Crippen molar-refractivity contribution in [2.75, 3.05) is 13.6 Å². The standard InChI is InChI=1S/C16H24BrFN2/c1-11-3-6-13(7-4-11)20(2)16(10-19)12-5-8-15(18)14(17)9-12/h5,8-9,11,13,16H,3-4,6-7,10,19H2,1-2H3. The number of nitrogens with two attached hydrogens (primary N) is 1. The van der Waals surface area contributed by atoms with E-state index >= 15 is 0 Å². The first-order valence-electron chi connectivity index (χ1n) is 7.40. The summed E-state index contributed by atoms with van der Waals surface area (Å²) in [6.45, 7) is 2.88. The summed E-state index contributed by atoms with van der Waals surface area (Å²) in [4.78, 5) is 2.38. The van der Waals surface area contributed by atoms with Crippen molar-refractivity contribution in [2.24, 2.45) is 11.7 Å². The second-order valence-electron chi connectivity index (χ2n) is 6.00. The van der Waals surface area contributed by atoms with Gasteiger partial charge in [0.2, 0.25) is 0 Å². The van der Waals surface area contributed by atoms with Crippen LogP contribution in [-0.2, 0) is 0 Å². The van der Waals surface area contributed by atoms with Gasteiger partial charge < -0.3 is 5.73 Å². The summed E-state index contributed by atoms with van der Waals surface area (Å²) in [5.41, 5.74) is 7.06. The molecule has 0 heterocycles. The molecule has 0 spiro atoms. The topological polar surface area (TPSA) is 29.3 Å². The lowest BCUT2D eigenvalue weighted by Crippen LogP contribution is -2.40. The van der Waals surface area contributed by atoms with Gasteiger partial charge in [-0.05, 0) is 72.3 Å². The summed E-state index contributed by atoms with van der Waals surface area (Å²) in [6, 6.07) is 5.96. The summed E-state index contributed by atoms with van der Waals surface area (Å²) in [5, 5.41) is 0. The summed E-state index contributed by atoms with van der Waals surface area (Å²) >= 11 is 3.26. The average molecular weight is 343 g/mol. The quantitative estimate of drug-likeness (QED) is 0.892. The molecule has 112 valence electrons. The van der Waals surface area contributed by atoms with E-state index in [0.29, 0.717) is 17.1 Å². The molecular formula is C16H24BrFN2. The van der Waals surface area contributed by atoms with Crippen LogP contribution in [0.25, 0.3) is 0 Å². The van der Waals surface area contributed by atoms with Crippen LogP contribution in [0.3, 0.4) is 0 Å². The van der Waals surface area contributed by atoms with Crippen molar-refractivity contribution in [2.45, 2.75) is 44.7 Å². The van der Waals surface area contributed by atoms with E-state index in [1.807, 2.05) is 12.1 Å². The second kappa shape index (κ2) is 7.01. The third-order valence-corrected chi connectivity index (χ3v) is 5.21. The number of rotatable bonds is 4. The Bertz CT molecular complexity index is 444. The van der Waals surface area contributed by atoms with Crippen LogP contribution in [0.5, 0.6) is 0 Å². The Balaban J connectivity index is 2.12. The van der Waals surface area contributed by atoms with Crippen molar-refractivity contribution in [3.05, 3.63) is 34.1 Å². The maximum atomic E-state index is 13.4. The molecule has 0 bridgehead atoms. The van der Waals surface area contributed by atoms with Gasteiger partial charge in [0.05, 0.1) is 4.47 Å². The number of halogens is 2. The first kappa shape index (κ1) is 15.9. The third-order valence-electron chi connectivity index (χ3n) is 4.60. The van der Waals surface area contributed by atoms with E-state index in [4.69, 9.17) is 5.73 Å². The van der Waals surface area contributed by atoms with Gasteiger partial charge in [-0.3, -0.25) is 4.90 Å². The van der Waals surface area contributed by atoms with Crippen LogP contribution in [0, 0.1) is 11.7 Å². The molecule has 1 aromatic rings. The van der Waals surface area contributed by atoms with Crippen molar-refractivity contribution in [3.63, 3.8) is 0 Å². The maximum absolute atomic E-state index is 13.4. The summed E-state index contributed by atoms with van der Waals surface area (Å²) < 4.78 is 13.9. The van der Waals surface area contributed by atoms with Crippen LogP contribution in [0.15, 0.2) is 22.7 Å². The van der Waals surface area contributed by atoms with Gasteiger partial charge in [-0.15, -0.1) is 0 Å². The van der Waals surface area contributed by atoms with Crippen LogP contribution in [0.1, 0.15) is 44.2 Å². The number of hydrogen-bond donors (Lipinski definition) is 1. The highest BCUT2D eigenvalue weighted by Crippen LogP contribution is 2.32. The molecule has 0 aliphatic heterocycles. The molecule has 1 fully saturated rings. The van der Waals surface area contributed by atoms with E-state index in [1.54, 1.807) is 0 Å². The van der Waals surface area contributed by atoms with Crippen LogP contribution in [-0.4, -0.2) is 24.5 Å². The van der Waals surface area contributed by atoms with Gasteiger partial charge in [0.15, 0.2) is 0 Å². The van der Waals surface area contributed by atoms with Crippen molar-refractivity contribution in [1.29, 1.82) is 0 Å². The van der Waals surface area contributed by atoms with Crippen molar-refractivity contribution in [3.8, 4) is 0 Å². The van der Waals surface area contributed by atoms with Gasteiger partial charge in [-0.2, -0.15) is 0 Å². The number of benzene rings is 1. The predicted octanol–water partition coefficient (Wildman–Crippen LogP) is 4.10. The largest absolute Gasteiger partial charge is 0.329 e. The minimum atomic E-state index is -0.223. The molecule has 2 rings (SSSR count). The zero-order valence-electron chi connectivity index (χ0n) is 12.3. The highest BCUT2D eigenvalue weighted by Gasteiger charge is 2.27. The fourth-order valence-electron chi connectivity index (χ4n) is 3.16. The fraction of sp³-hybridized carbons (Fsp3) is 0.625. The molecule has 20 heavy (non-hydrogen) atoms. The van der Waals surface area contributed by atoms with Gasteiger partial charge in [-0.25, -0.2) is 4.39 Å². The first-order chi connectivity index (χ1) is 9.52. The molecule has 1 aromatic carbocycles. The maximum Gasteiger partial charge on any atom is 0.137 e. The van der Waals surface area contributed by atoms with E-state index in [-0.39, 0.29) is 11.9 Å². The van der Waals surface area contributed by atoms with Gasteiger partial charge in [0.1, 0.15) is 5.82 Å². The normalized spacial score (nSPS) is 24.9. The molecule has 0 radical (unpaired) electrons. The van der Waals surface area contributed by atoms with Crippen LogP contribution < -0.4 is 5.73 Å². The first-order valence-corrected chi connectivity index (χ1v) is 8.19. The zero-order valence-corrected chi connectivity index (χ0v) is 13.9. The average Bonchev–Trinajstić information content (AvgIpc) is 2.44. The Morgan fingerprint density at radius 2 is 2.00 bits per heavy atom. The van der Waals surface area contributed by atoms with Crippen LogP contribution >= 0.6 is 15.9 Å². The monoisotopic (exact) mass is 342 g/mol. The molecule has 0 saturated heterocycles. The number of nitrogens with zero attached hydrogens (tertiary/aromatic N) is 1. The Hall–Kier alpha value is -0.450. The Morgan fingerprint density at radius 1 is 1.35 bits per heavy atom. The molecule has 2 N–H and O–H groups in total. The zero-order chi connectivity index (χ0) is 14.7. The Morgan fingerprint density at radius 3 is 2.55 bits per heavy atom. The molecule has 1 unspecified atom stereocenters. The lowest BCUT2D eigenvalue weighted by Gasteiger charge is -2.38. The summed E-state index contributed by atoms with van der Waals surface area (Å²) in [7, 11) is 2.15. The number of likely N-dealkylation sites (N-methyl/N-ethyl adjacent to an activating group) is 1. The second-order valence-corrected chi connectivity index (χ2v) is 6.86. The summed E-state index contributed by atoms with van der Waals surface area (Å²) in [5.74, 6) is 0.620. The van der Waals surface area contributed by atoms with E-state index in [0.717, 1.165) is 11.5 Å².